The molecule has 0 bridgehead atoms. The Bertz CT molecular complexity index is 360. The van der Waals surface area contributed by atoms with Crippen molar-refractivity contribution in [1.29, 1.82) is 0 Å². The van der Waals surface area contributed by atoms with Crippen molar-refractivity contribution >= 4 is 10.8 Å². The average molecular weight is 241 g/mol. The standard InChI is InChI=1S/C12H19NO2S/c1-12(2,9-14)13-8-10-4-6-11(7-5-10)16(3)15/h4-7,13-14H,8-9H2,1-3H3. The van der Waals surface area contributed by atoms with Crippen molar-refractivity contribution < 1.29 is 9.32 Å². The third kappa shape index (κ3) is 4.04. The molecular formula is C12H19NO2S. The molecule has 0 fully saturated rings. The van der Waals surface area contributed by atoms with E-state index in [4.69, 9.17) is 5.11 Å². The van der Waals surface area contributed by atoms with E-state index in [0.29, 0.717) is 6.54 Å². The molecule has 0 amide bonds. The summed E-state index contributed by atoms with van der Waals surface area (Å²) < 4.78 is 11.2. The molecule has 1 unspecified atom stereocenters. The second-order valence-corrected chi connectivity index (χ2v) is 5.87. The topological polar surface area (TPSA) is 49.3 Å². The molecule has 0 aliphatic heterocycles. The molecule has 0 aliphatic carbocycles. The normalized spacial score (nSPS) is 13.8. The van der Waals surface area contributed by atoms with E-state index in [1.54, 1.807) is 6.26 Å². The first-order chi connectivity index (χ1) is 7.44. The van der Waals surface area contributed by atoms with Crippen LogP contribution in [0.2, 0.25) is 0 Å². The minimum atomic E-state index is -0.920. The molecule has 0 saturated carbocycles. The van der Waals surface area contributed by atoms with Gasteiger partial charge in [0.15, 0.2) is 0 Å². The predicted octanol–water partition coefficient (Wildman–Crippen LogP) is 1.28. The maximum atomic E-state index is 11.2. The molecule has 0 spiro atoms. The van der Waals surface area contributed by atoms with Crippen LogP contribution in [-0.4, -0.2) is 27.7 Å². The van der Waals surface area contributed by atoms with Crippen LogP contribution >= 0.6 is 0 Å². The fourth-order valence-corrected chi connectivity index (χ4v) is 1.72. The van der Waals surface area contributed by atoms with E-state index in [0.717, 1.165) is 10.5 Å². The van der Waals surface area contributed by atoms with Gasteiger partial charge in [0.05, 0.1) is 6.61 Å². The van der Waals surface area contributed by atoms with Crippen LogP contribution in [0.3, 0.4) is 0 Å². The lowest BCUT2D eigenvalue weighted by atomic mass is 10.1. The summed E-state index contributed by atoms with van der Waals surface area (Å²) in [5.41, 5.74) is 0.849. The fraction of sp³-hybridized carbons (Fsp3) is 0.500. The molecule has 1 rings (SSSR count). The van der Waals surface area contributed by atoms with E-state index in [1.807, 2.05) is 38.1 Å². The van der Waals surface area contributed by atoms with Gasteiger partial charge in [0.1, 0.15) is 0 Å². The van der Waals surface area contributed by atoms with Crippen LogP contribution in [0.15, 0.2) is 29.2 Å². The van der Waals surface area contributed by atoms with Crippen molar-refractivity contribution in [3.8, 4) is 0 Å². The minimum absolute atomic E-state index is 0.101. The molecule has 16 heavy (non-hydrogen) atoms. The van der Waals surface area contributed by atoms with Gasteiger partial charge in [-0.25, -0.2) is 0 Å². The first kappa shape index (κ1) is 13.4. The van der Waals surface area contributed by atoms with E-state index in [9.17, 15) is 4.21 Å². The lowest BCUT2D eigenvalue weighted by Crippen LogP contribution is -2.42. The Labute approximate surface area is 99.3 Å². The second-order valence-electron chi connectivity index (χ2n) is 4.49. The lowest BCUT2D eigenvalue weighted by molar-refractivity contribution is 0.187. The van der Waals surface area contributed by atoms with Crippen molar-refractivity contribution in [2.75, 3.05) is 12.9 Å². The van der Waals surface area contributed by atoms with Gasteiger partial charge < -0.3 is 10.4 Å². The summed E-state index contributed by atoms with van der Waals surface area (Å²) in [6.07, 6.45) is 1.67. The van der Waals surface area contributed by atoms with Crippen molar-refractivity contribution in [3.05, 3.63) is 29.8 Å². The van der Waals surface area contributed by atoms with Crippen molar-refractivity contribution in [2.45, 2.75) is 30.8 Å². The van der Waals surface area contributed by atoms with Gasteiger partial charge in [-0.1, -0.05) is 12.1 Å². The highest BCUT2D eigenvalue weighted by atomic mass is 32.2. The Morgan fingerprint density at radius 3 is 2.31 bits per heavy atom. The Balaban J connectivity index is 2.59. The van der Waals surface area contributed by atoms with E-state index >= 15 is 0 Å². The van der Waals surface area contributed by atoms with E-state index in [1.165, 1.54) is 0 Å². The van der Waals surface area contributed by atoms with Crippen molar-refractivity contribution in [1.82, 2.24) is 5.32 Å². The molecule has 1 aromatic carbocycles. The number of benzene rings is 1. The summed E-state index contributed by atoms with van der Waals surface area (Å²) in [6, 6.07) is 7.66. The zero-order valence-electron chi connectivity index (χ0n) is 9.99. The monoisotopic (exact) mass is 241 g/mol. The Morgan fingerprint density at radius 2 is 1.88 bits per heavy atom. The predicted molar refractivity (Wildman–Crippen MR) is 66.8 cm³/mol. The molecule has 0 radical (unpaired) electrons. The molecule has 4 heteroatoms. The SMILES string of the molecule is CS(=O)c1ccc(CNC(C)(C)CO)cc1. The number of hydrogen-bond acceptors (Lipinski definition) is 3. The number of nitrogens with one attached hydrogen (secondary N) is 1. The van der Waals surface area contributed by atoms with Gasteiger partial charge in [-0.2, -0.15) is 0 Å². The van der Waals surface area contributed by atoms with Gasteiger partial charge in [-0.05, 0) is 31.5 Å². The second kappa shape index (κ2) is 5.57. The van der Waals surface area contributed by atoms with Crippen LogP contribution in [0, 0.1) is 0 Å². The van der Waals surface area contributed by atoms with Crippen LogP contribution in [0.4, 0.5) is 0 Å². The number of rotatable bonds is 5. The smallest absolute Gasteiger partial charge is 0.0607 e. The van der Waals surface area contributed by atoms with Crippen LogP contribution in [0.1, 0.15) is 19.4 Å². The molecular weight excluding hydrogens is 222 g/mol. The quantitative estimate of drug-likeness (QED) is 0.816. The van der Waals surface area contributed by atoms with Crippen LogP contribution in [-0.2, 0) is 17.3 Å². The van der Waals surface area contributed by atoms with Crippen molar-refractivity contribution in [3.63, 3.8) is 0 Å². The van der Waals surface area contributed by atoms with Crippen LogP contribution in [0.25, 0.3) is 0 Å². The lowest BCUT2D eigenvalue weighted by Gasteiger charge is -2.23. The third-order valence-electron chi connectivity index (χ3n) is 2.42. The number of aliphatic hydroxyl groups excluding tert-OH is 1. The zero-order chi connectivity index (χ0) is 12.2. The molecule has 2 N–H and O–H groups in total. The summed E-state index contributed by atoms with van der Waals surface area (Å²) in [5.74, 6) is 0. The Kier molecular flexibility index (Phi) is 4.65. The van der Waals surface area contributed by atoms with Gasteiger partial charge in [0.25, 0.3) is 0 Å². The number of aliphatic hydroxyl groups is 1. The molecule has 0 heterocycles. The summed E-state index contributed by atoms with van der Waals surface area (Å²) in [6.45, 7) is 4.69. The summed E-state index contributed by atoms with van der Waals surface area (Å²) >= 11 is 0. The molecule has 0 aliphatic rings. The van der Waals surface area contributed by atoms with Gasteiger partial charge in [-0.15, -0.1) is 0 Å². The van der Waals surface area contributed by atoms with Gasteiger partial charge in [-0.3, -0.25) is 4.21 Å². The minimum Gasteiger partial charge on any atom is -0.394 e. The Hall–Kier alpha value is -0.710. The average Bonchev–Trinajstić information content (AvgIpc) is 2.27. The van der Waals surface area contributed by atoms with Gasteiger partial charge >= 0.3 is 0 Å². The highest BCUT2D eigenvalue weighted by Gasteiger charge is 2.14. The van der Waals surface area contributed by atoms with Crippen LogP contribution < -0.4 is 5.32 Å². The first-order valence-electron chi connectivity index (χ1n) is 5.23. The molecule has 3 nitrogen and oxygen atoms in total. The largest absolute Gasteiger partial charge is 0.394 e. The highest BCUT2D eigenvalue weighted by Crippen LogP contribution is 2.09. The summed E-state index contributed by atoms with van der Waals surface area (Å²) in [4.78, 5) is 0.838. The summed E-state index contributed by atoms with van der Waals surface area (Å²) in [7, 11) is -0.920. The zero-order valence-corrected chi connectivity index (χ0v) is 10.8. The maximum Gasteiger partial charge on any atom is 0.0607 e. The molecule has 0 aromatic heterocycles. The van der Waals surface area contributed by atoms with Gasteiger partial charge in [0, 0.05) is 34.0 Å². The van der Waals surface area contributed by atoms with E-state index < -0.39 is 10.8 Å². The molecule has 1 atom stereocenters. The maximum absolute atomic E-state index is 11.2. The molecule has 0 saturated heterocycles. The van der Waals surface area contributed by atoms with Gasteiger partial charge in [0.2, 0.25) is 0 Å². The molecule has 90 valence electrons. The van der Waals surface area contributed by atoms with Crippen LogP contribution in [0.5, 0.6) is 0 Å². The third-order valence-corrected chi connectivity index (χ3v) is 3.36. The highest BCUT2D eigenvalue weighted by molar-refractivity contribution is 7.84. The number of hydrogen-bond donors (Lipinski definition) is 2. The first-order valence-corrected chi connectivity index (χ1v) is 6.79. The summed E-state index contributed by atoms with van der Waals surface area (Å²) in [5, 5.41) is 12.3. The van der Waals surface area contributed by atoms with Crippen molar-refractivity contribution in [2.24, 2.45) is 0 Å². The Morgan fingerprint density at radius 1 is 1.31 bits per heavy atom. The fourth-order valence-electron chi connectivity index (χ4n) is 1.20. The van der Waals surface area contributed by atoms with E-state index in [2.05, 4.69) is 5.32 Å². The van der Waals surface area contributed by atoms with E-state index in [-0.39, 0.29) is 12.1 Å². The molecule has 1 aromatic rings.